The van der Waals surface area contributed by atoms with Gasteiger partial charge in [0.15, 0.2) is 5.13 Å². The Morgan fingerprint density at radius 3 is 2.37 bits per heavy atom. The Hall–Kier alpha value is -3.13. The van der Waals surface area contributed by atoms with Gasteiger partial charge in [-0.1, -0.05) is 17.8 Å². The lowest BCUT2D eigenvalue weighted by Crippen LogP contribution is -2.28. The topological polar surface area (TPSA) is 103 Å². The van der Waals surface area contributed by atoms with Crippen LogP contribution in [-0.4, -0.2) is 22.0 Å². The minimum Gasteiger partial charge on any atom is -0.508 e. The minimum atomic E-state index is -0.412. The fourth-order valence-corrected chi connectivity index (χ4v) is 3.67. The van der Waals surface area contributed by atoms with Gasteiger partial charge < -0.3 is 15.7 Å². The van der Waals surface area contributed by atoms with Gasteiger partial charge in [-0.2, -0.15) is 0 Å². The molecule has 4 N–H and O–H groups in total. The Kier molecular flexibility index (Phi) is 4.64. The quantitative estimate of drug-likeness (QED) is 0.537. The number of phenols is 1. The van der Waals surface area contributed by atoms with Crippen molar-refractivity contribution >= 4 is 50.0 Å². The van der Waals surface area contributed by atoms with E-state index in [4.69, 9.17) is 0 Å². The van der Waals surface area contributed by atoms with Crippen molar-refractivity contribution in [2.24, 2.45) is 5.92 Å². The van der Waals surface area contributed by atoms with Crippen molar-refractivity contribution in [1.29, 1.82) is 0 Å². The molecule has 0 radical (unpaired) electrons. The van der Waals surface area contributed by atoms with Gasteiger partial charge in [0.05, 0.1) is 10.2 Å². The number of benzene rings is 2. The maximum absolute atomic E-state index is 12.1. The molecule has 1 heterocycles. The lowest BCUT2D eigenvalue weighted by molar-refractivity contribution is -0.122. The summed E-state index contributed by atoms with van der Waals surface area (Å²) in [6.45, 7) is 0. The van der Waals surface area contributed by atoms with Crippen molar-refractivity contribution in [3.8, 4) is 5.75 Å². The molecule has 7 nitrogen and oxygen atoms in total. The number of carbonyl (C=O) groups excluding carboxylic acids is 2. The van der Waals surface area contributed by atoms with Crippen LogP contribution in [0.4, 0.5) is 21.3 Å². The van der Waals surface area contributed by atoms with E-state index < -0.39 is 6.03 Å². The number of amides is 3. The number of carbonyl (C=O) groups is 2. The fraction of sp³-hybridized carbons (Fsp3) is 0.211. The summed E-state index contributed by atoms with van der Waals surface area (Å²) in [7, 11) is 0. The van der Waals surface area contributed by atoms with Gasteiger partial charge >= 0.3 is 6.03 Å². The van der Waals surface area contributed by atoms with Gasteiger partial charge in [-0.3, -0.25) is 10.1 Å². The molecule has 1 aliphatic carbocycles. The van der Waals surface area contributed by atoms with Crippen LogP contribution in [0.5, 0.6) is 5.75 Å². The number of rotatable bonds is 4. The molecule has 0 atom stereocenters. The van der Waals surface area contributed by atoms with Gasteiger partial charge in [0.25, 0.3) is 0 Å². The molecular formula is C19H18N4O3S. The maximum Gasteiger partial charge on any atom is 0.325 e. The highest BCUT2D eigenvalue weighted by atomic mass is 32.1. The summed E-state index contributed by atoms with van der Waals surface area (Å²) in [5.74, 6) is 0.345. The second-order valence-corrected chi connectivity index (χ2v) is 7.48. The number of thiazole rings is 1. The molecule has 2 aromatic carbocycles. The van der Waals surface area contributed by atoms with Gasteiger partial charge in [-0.25, -0.2) is 9.78 Å². The zero-order valence-electron chi connectivity index (χ0n) is 14.4. The van der Waals surface area contributed by atoms with Crippen LogP contribution < -0.4 is 16.0 Å². The second kappa shape index (κ2) is 7.24. The molecule has 8 heteroatoms. The van der Waals surface area contributed by atoms with Crippen molar-refractivity contribution in [1.82, 2.24) is 4.98 Å². The molecule has 1 saturated carbocycles. The van der Waals surface area contributed by atoms with E-state index >= 15 is 0 Å². The first kappa shape index (κ1) is 17.3. The maximum atomic E-state index is 12.1. The van der Waals surface area contributed by atoms with Crippen LogP contribution in [-0.2, 0) is 4.79 Å². The average Bonchev–Trinajstić information content (AvgIpc) is 2.96. The highest BCUT2D eigenvalue weighted by Gasteiger charge is 2.25. The summed E-state index contributed by atoms with van der Waals surface area (Å²) in [5.41, 5.74) is 2.02. The SMILES string of the molecule is O=C(Nc1ccc(NC(=O)C2CCC2)cc1)Nc1nc2ccc(O)cc2s1. The molecule has 3 amide bonds. The van der Waals surface area contributed by atoms with Crippen LogP contribution in [0.3, 0.4) is 0 Å². The number of phenolic OH excluding ortho intramolecular Hbond substituents is 1. The standard InChI is InChI=1S/C19H18N4O3S/c24-14-8-9-15-16(10-14)27-19(22-15)23-18(26)21-13-6-4-12(5-7-13)20-17(25)11-2-1-3-11/h4-11,24H,1-3H2,(H,20,25)(H2,21,22,23,26). The number of hydrogen-bond acceptors (Lipinski definition) is 5. The normalized spacial score (nSPS) is 13.8. The molecule has 0 aliphatic heterocycles. The van der Waals surface area contributed by atoms with Gasteiger partial charge in [0.1, 0.15) is 5.75 Å². The summed E-state index contributed by atoms with van der Waals surface area (Å²) < 4.78 is 0.789. The number of aromatic hydroxyl groups is 1. The zero-order valence-corrected chi connectivity index (χ0v) is 15.2. The van der Waals surface area contributed by atoms with Crippen molar-refractivity contribution in [3.63, 3.8) is 0 Å². The first-order chi connectivity index (χ1) is 13.1. The number of hydrogen-bond donors (Lipinski definition) is 4. The summed E-state index contributed by atoms with van der Waals surface area (Å²) in [6.07, 6.45) is 3.03. The van der Waals surface area contributed by atoms with Crippen LogP contribution in [0.15, 0.2) is 42.5 Å². The predicted octanol–water partition coefficient (Wildman–Crippen LogP) is 4.38. The van der Waals surface area contributed by atoms with Gasteiger partial charge in [0, 0.05) is 17.3 Å². The Labute approximate surface area is 159 Å². The Bertz CT molecular complexity index is 996. The zero-order chi connectivity index (χ0) is 18.8. The number of urea groups is 1. The van der Waals surface area contributed by atoms with E-state index in [2.05, 4.69) is 20.9 Å². The molecule has 0 spiro atoms. The lowest BCUT2D eigenvalue weighted by Gasteiger charge is -2.24. The third-order valence-electron chi connectivity index (χ3n) is 4.48. The van der Waals surface area contributed by atoms with E-state index in [1.807, 2.05) is 0 Å². The summed E-state index contributed by atoms with van der Waals surface area (Å²) >= 11 is 1.28. The van der Waals surface area contributed by atoms with Crippen LogP contribution in [0.2, 0.25) is 0 Å². The number of anilines is 3. The molecule has 4 rings (SSSR count). The van der Waals surface area contributed by atoms with Crippen LogP contribution in [0.25, 0.3) is 10.2 Å². The van der Waals surface area contributed by atoms with E-state index in [9.17, 15) is 14.7 Å². The Morgan fingerprint density at radius 1 is 1.00 bits per heavy atom. The van der Waals surface area contributed by atoms with Gasteiger partial charge in [-0.05, 0) is 55.3 Å². The van der Waals surface area contributed by atoms with E-state index in [1.54, 1.807) is 42.5 Å². The molecule has 27 heavy (non-hydrogen) atoms. The van der Waals surface area contributed by atoms with E-state index in [0.717, 1.165) is 24.0 Å². The lowest BCUT2D eigenvalue weighted by atomic mass is 9.85. The Morgan fingerprint density at radius 2 is 1.70 bits per heavy atom. The summed E-state index contributed by atoms with van der Waals surface area (Å²) in [6, 6.07) is 11.4. The molecular weight excluding hydrogens is 364 g/mol. The molecule has 138 valence electrons. The molecule has 3 aromatic rings. The number of fused-ring (bicyclic) bond motifs is 1. The minimum absolute atomic E-state index is 0.0570. The van der Waals surface area contributed by atoms with Crippen molar-refractivity contribution in [2.45, 2.75) is 19.3 Å². The van der Waals surface area contributed by atoms with Crippen LogP contribution in [0, 0.1) is 5.92 Å². The van der Waals surface area contributed by atoms with Gasteiger partial charge in [0.2, 0.25) is 5.91 Å². The van der Waals surface area contributed by atoms with Crippen LogP contribution >= 0.6 is 11.3 Å². The smallest absolute Gasteiger partial charge is 0.325 e. The highest BCUT2D eigenvalue weighted by Crippen LogP contribution is 2.29. The van der Waals surface area contributed by atoms with Crippen molar-refractivity contribution in [3.05, 3.63) is 42.5 Å². The summed E-state index contributed by atoms with van der Waals surface area (Å²) in [5, 5.41) is 18.2. The van der Waals surface area contributed by atoms with E-state index in [0.29, 0.717) is 22.0 Å². The third-order valence-corrected chi connectivity index (χ3v) is 5.41. The Balaban J connectivity index is 1.35. The van der Waals surface area contributed by atoms with Crippen molar-refractivity contribution in [2.75, 3.05) is 16.0 Å². The molecule has 0 saturated heterocycles. The largest absolute Gasteiger partial charge is 0.508 e. The molecule has 0 unspecified atom stereocenters. The average molecular weight is 382 g/mol. The monoisotopic (exact) mass is 382 g/mol. The molecule has 1 aromatic heterocycles. The fourth-order valence-electron chi connectivity index (χ4n) is 2.78. The molecule has 1 fully saturated rings. The highest BCUT2D eigenvalue weighted by molar-refractivity contribution is 7.22. The van der Waals surface area contributed by atoms with Gasteiger partial charge in [-0.15, -0.1) is 0 Å². The van der Waals surface area contributed by atoms with E-state index in [-0.39, 0.29) is 17.6 Å². The van der Waals surface area contributed by atoms with Crippen LogP contribution in [0.1, 0.15) is 19.3 Å². The number of nitrogens with one attached hydrogen (secondary N) is 3. The first-order valence-electron chi connectivity index (χ1n) is 8.65. The third kappa shape index (κ3) is 4.01. The predicted molar refractivity (Wildman–Crippen MR) is 106 cm³/mol. The second-order valence-electron chi connectivity index (χ2n) is 6.44. The summed E-state index contributed by atoms with van der Waals surface area (Å²) in [4.78, 5) is 28.4. The van der Waals surface area contributed by atoms with E-state index in [1.165, 1.54) is 11.3 Å². The first-order valence-corrected chi connectivity index (χ1v) is 9.47. The molecule has 1 aliphatic rings. The number of aromatic nitrogens is 1. The molecule has 0 bridgehead atoms. The van der Waals surface area contributed by atoms with Crippen molar-refractivity contribution < 1.29 is 14.7 Å². The number of nitrogens with zero attached hydrogens (tertiary/aromatic N) is 1.